The van der Waals surface area contributed by atoms with Gasteiger partial charge in [0.05, 0.1) is 0 Å². The van der Waals surface area contributed by atoms with Crippen LogP contribution in [0.4, 0.5) is 0 Å². The summed E-state index contributed by atoms with van der Waals surface area (Å²) in [7, 11) is 1.56. The molecule has 0 radical (unpaired) electrons. The van der Waals surface area contributed by atoms with Crippen LogP contribution in [0.2, 0.25) is 0 Å². The Labute approximate surface area is 68.2 Å². The van der Waals surface area contributed by atoms with Gasteiger partial charge in [-0.1, -0.05) is 13.0 Å². The van der Waals surface area contributed by atoms with E-state index in [1.807, 2.05) is 6.92 Å². The van der Waals surface area contributed by atoms with Crippen LogP contribution in [0.25, 0.3) is 0 Å². The number of hydrogen-bond donors (Lipinski definition) is 0. The van der Waals surface area contributed by atoms with Crippen LogP contribution in [0.3, 0.4) is 0 Å². The maximum atomic E-state index is 11.3. The molecule has 2 heteroatoms. The van der Waals surface area contributed by atoms with Gasteiger partial charge in [0, 0.05) is 13.5 Å². The third-order valence-electron chi connectivity index (χ3n) is 2.04. The Morgan fingerprint density at radius 2 is 2.27 bits per heavy atom. The van der Waals surface area contributed by atoms with Gasteiger partial charge in [0.2, 0.25) is 0 Å². The van der Waals surface area contributed by atoms with Crippen molar-refractivity contribution in [2.75, 3.05) is 7.11 Å². The third-order valence-corrected chi connectivity index (χ3v) is 2.04. The Balaban J connectivity index is 4.23. The summed E-state index contributed by atoms with van der Waals surface area (Å²) in [4.78, 5) is 11.3. The van der Waals surface area contributed by atoms with Crippen LogP contribution in [0.5, 0.6) is 0 Å². The van der Waals surface area contributed by atoms with Crippen molar-refractivity contribution in [3.8, 4) is 0 Å². The molecule has 0 aliphatic rings. The van der Waals surface area contributed by atoms with Crippen LogP contribution in [-0.4, -0.2) is 18.5 Å². The molecule has 1 atom stereocenters. The number of allylic oxidation sites excluding steroid dienone is 1. The van der Waals surface area contributed by atoms with Crippen LogP contribution >= 0.6 is 0 Å². The highest BCUT2D eigenvalue weighted by atomic mass is 16.5. The number of ketones is 1. The largest absolute Gasteiger partial charge is 0.371 e. The van der Waals surface area contributed by atoms with Gasteiger partial charge in [0.15, 0.2) is 5.78 Å². The minimum atomic E-state index is -0.617. The fourth-order valence-corrected chi connectivity index (χ4v) is 0.802. The van der Waals surface area contributed by atoms with Crippen LogP contribution in [0.15, 0.2) is 12.7 Å². The second kappa shape index (κ2) is 4.29. The summed E-state index contributed by atoms with van der Waals surface area (Å²) in [5.74, 6) is 0.0949. The van der Waals surface area contributed by atoms with Crippen molar-refractivity contribution in [1.29, 1.82) is 0 Å². The number of ether oxygens (including phenoxy) is 1. The highest BCUT2D eigenvalue weighted by Gasteiger charge is 2.28. The smallest absolute Gasteiger partial charge is 0.168 e. The monoisotopic (exact) mass is 156 g/mol. The first-order valence-electron chi connectivity index (χ1n) is 3.80. The summed E-state index contributed by atoms with van der Waals surface area (Å²) >= 11 is 0. The Bertz CT molecular complexity index is 146. The molecule has 2 nitrogen and oxygen atoms in total. The maximum Gasteiger partial charge on any atom is 0.168 e. The minimum Gasteiger partial charge on any atom is -0.371 e. The van der Waals surface area contributed by atoms with E-state index in [0.29, 0.717) is 12.8 Å². The van der Waals surface area contributed by atoms with E-state index in [1.165, 1.54) is 0 Å². The van der Waals surface area contributed by atoms with Crippen molar-refractivity contribution in [3.63, 3.8) is 0 Å². The summed E-state index contributed by atoms with van der Waals surface area (Å²) in [6.07, 6.45) is 2.70. The van der Waals surface area contributed by atoms with Gasteiger partial charge >= 0.3 is 0 Å². The zero-order chi connectivity index (χ0) is 8.91. The molecule has 0 aromatic heterocycles. The van der Waals surface area contributed by atoms with Crippen molar-refractivity contribution in [2.45, 2.75) is 32.3 Å². The van der Waals surface area contributed by atoms with Gasteiger partial charge in [-0.05, 0) is 13.3 Å². The Morgan fingerprint density at radius 1 is 1.73 bits per heavy atom. The lowest BCUT2D eigenvalue weighted by molar-refractivity contribution is -0.138. The van der Waals surface area contributed by atoms with Crippen molar-refractivity contribution >= 4 is 5.78 Å². The number of hydrogen-bond acceptors (Lipinski definition) is 2. The predicted molar refractivity (Wildman–Crippen MR) is 45.5 cm³/mol. The number of carbonyl (C=O) groups is 1. The summed E-state index contributed by atoms with van der Waals surface area (Å²) in [6.45, 7) is 7.25. The van der Waals surface area contributed by atoms with E-state index in [0.717, 1.165) is 0 Å². The van der Waals surface area contributed by atoms with Crippen LogP contribution < -0.4 is 0 Å². The highest BCUT2D eigenvalue weighted by Crippen LogP contribution is 2.16. The first kappa shape index (κ1) is 10.4. The van der Waals surface area contributed by atoms with Gasteiger partial charge < -0.3 is 4.74 Å². The van der Waals surface area contributed by atoms with E-state index in [9.17, 15) is 4.79 Å². The Kier molecular flexibility index (Phi) is 4.04. The quantitative estimate of drug-likeness (QED) is 0.569. The summed E-state index contributed by atoms with van der Waals surface area (Å²) in [6, 6.07) is 0. The summed E-state index contributed by atoms with van der Waals surface area (Å²) in [5, 5.41) is 0. The second-order valence-corrected chi connectivity index (χ2v) is 2.70. The molecule has 1 unspecified atom stereocenters. The Morgan fingerprint density at radius 3 is 2.55 bits per heavy atom. The minimum absolute atomic E-state index is 0.0949. The number of rotatable bonds is 5. The summed E-state index contributed by atoms with van der Waals surface area (Å²) in [5.41, 5.74) is -0.617. The van der Waals surface area contributed by atoms with E-state index >= 15 is 0 Å². The maximum absolute atomic E-state index is 11.3. The van der Waals surface area contributed by atoms with Gasteiger partial charge in [-0.3, -0.25) is 4.79 Å². The third kappa shape index (κ3) is 2.46. The lowest BCUT2D eigenvalue weighted by Crippen LogP contribution is -2.36. The van der Waals surface area contributed by atoms with Crippen molar-refractivity contribution in [2.24, 2.45) is 0 Å². The number of carbonyl (C=O) groups excluding carboxylic acids is 1. The van der Waals surface area contributed by atoms with Gasteiger partial charge in [-0.2, -0.15) is 0 Å². The number of methoxy groups -OCH3 is 1. The highest BCUT2D eigenvalue weighted by molar-refractivity contribution is 5.87. The van der Waals surface area contributed by atoms with Gasteiger partial charge in [-0.15, -0.1) is 6.58 Å². The first-order valence-corrected chi connectivity index (χ1v) is 3.80. The zero-order valence-electron chi connectivity index (χ0n) is 7.52. The van der Waals surface area contributed by atoms with E-state index in [-0.39, 0.29) is 5.78 Å². The summed E-state index contributed by atoms with van der Waals surface area (Å²) < 4.78 is 5.10. The van der Waals surface area contributed by atoms with Gasteiger partial charge in [-0.25, -0.2) is 0 Å². The van der Waals surface area contributed by atoms with Gasteiger partial charge in [0.25, 0.3) is 0 Å². The zero-order valence-corrected chi connectivity index (χ0v) is 7.52. The van der Waals surface area contributed by atoms with Crippen LogP contribution in [0, 0.1) is 0 Å². The topological polar surface area (TPSA) is 26.3 Å². The second-order valence-electron chi connectivity index (χ2n) is 2.70. The van der Waals surface area contributed by atoms with Crippen LogP contribution in [-0.2, 0) is 9.53 Å². The average Bonchev–Trinajstić information content (AvgIpc) is 2.03. The SMILES string of the molecule is C=CCC(=O)C(C)(CC)OC. The van der Waals surface area contributed by atoms with Crippen LogP contribution in [0.1, 0.15) is 26.7 Å². The molecular formula is C9H16O2. The predicted octanol–water partition coefficient (Wildman–Crippen LogP) is 1.95. The lowest BCUT2D eigenvalue weighted by atomic mass is 9.95. The molecule has 0 bridgehead atoms. The number of Topliss-reactive ketones (excluding diaryl/α,β-unsaturated/α-hetero) is 1. The van der Waals surface area contributed by atoms with Gasteiger partial charge in [0.1, 0.15) is 5.60 Å². The molecule has 0 spiro atoms. The molecule has 64 valence electrons. The molecule has 0 N–H and O–H groups in total. The molecule has 0 rings (SSSR count). The molecular weight excluding hydrogens is 140 g/mol. The molecule has 0 saturated heterocycles. The van der Waals surface area contributed by atoms with Crippen molar-refractivity contribution in [1.82, 2.24) is 0 Å². The van der Waals surface area contributed by atoms with Crippen molar-refractivity contribution in [3.05, 3.63) is 12.7 Å². The molecule has 0 saturated carbocycles. The molecule has 11 heavy (non-hydrogen) atoms. The average molecular weight is 156 g/mol. The van der Waals surface area contributed by atoms with E-state index in [4.69, 9.17) is 4.74 Å². The Hall–Kier alpha value is -0.630. The fourth-order valence-electron chi connectivity index (χ4n) is 0.802. The molecule has 0 heterocycles. The van der Waals surface area contributed by atoms with E-state index in [1.54, 1.807) is 20.1 Å². The first-order chi connectivity index (χ1) is 5.10. The molecule has 0 aliphatic heterocycles. The standard InChI is InChI=1S/C9H16O2/c1-5-7-8(10)9(3,6-2)11-4/h5H,1,6-7H2,2-4H3. The molecule has 0 amide bonds. The van der Waals surface area contributed by atoms with E-state index < -0.39 is 5.60 Å². The van der Waals surface area contributed by atoms with Crippen molar-refractivity contribution < 1.29 is 9.53 Å². The molecule has 0 aromatic rings. The normalized spacial score (nSPS) is 15.5. The lowest BCUT2D eigenvalue weighted by Gasteiger charge is -2.24. The van der Waals surface area contributed by atoms with E-state index in [2.05, 4.69) is 6.58 Å². The molecule has 0 aliphatic carbocycles. The molecule has 0 fully saturated rings. The molecule has 0 aromatic carbocycles. The fraction of sp³-hybridized carbons (Fsp3) is 0.667.